The Kier molecular flexibility index (Phi) is 25.1. The maximum Gasteiger partial charge on any atom is 0.256 e. The van der Waals surface area contributed by atoms with Gasteiger partial charge in [-0.1, -0.05) is 24.3 Å². The molecule has 12 fully saturated rings. The summed E-state index contributed by atoms with van der Waals surface area (Å²) in [7, 11) is 0. The first-order chi connectivity index (χ1) is 59.0. The third kappa shape index (κ3) is 18.5. The number of fused-ring (bicyclic) bond motifs is 12. The van der Waals surface area contributed by atoms with Crippen LogP contribution in [0.5, 0.6) is 0 Å². The maximum atomic E-state index is 14.8. The quantitative estimate of drug-likeness (QED) is 0.0698. The number of nitrogens with one attached hydrogen (secondary N) is 4. The van der Waals surface area contributed by atoms with E-state index in [1.807, 2.05) is 111 Å². The zero-order valence-electron chi connectivity index (χ0n) is 65.8. The van der Waals surface area contributed by atoms with Crippen LogP contribution in [0, 0.1) is 42.2 Å². The fraction of sp³-hybridized carbons (Fsp3) is 0.330. The minimum absolute atomic E-state index is 0.0000756. The van der Waals surface area contributed by atoms with Gasteiger partial charge in [-0.15, -0.1) is 4.80 Å². The molecule has 4 N–H and O–H groups in total. The molecule has 12 atom stereocenters. The van der Waals surface area contributed by atoms with Gasteiger partial charge in [0.2, 0.25) is 0 Å². The molecule has 9 aromatic heterocycles. The number of amides is 4. The largest absolute Gasteiger partial charge is 0.365 e. The zero-order valence-corrected chi connectivity index (χ0v) is 72.1. The number of aromatic nitrogens is 15. The Bertz CT molecular complexity index is 5630. The predicted molar refractivity (Wildman–Crippen MR) is 466 cm³/mol. The molecular formula is C88H85Br4F2N23O4. The Morgan fingerprint density at radius 3 is 1.13 bits per heavy atom. The molecule has 33 heteroatoms. The number of anilines is 4. The molecule has 12 aliphatic rings. The highest BCUT2D eigenvalue weighted by molar-refractivity contribution is 9.11. The Hall–Kier alpha value is -11.3. The molecule has 3 aromatic carbocycles. The predicted octanol–water partition coefficient (Wildman–Crippen LogP) is 15.9. The van der Waals surface area contributed by atoms with Crippen molar-refractivity contribution in [2.24, 2.45) is 23.7 Å². The highest BCUT2D eigenvalue weighted by atomic mass is 79.9. The van der Waals surface area contributed by atoms with Gasteiger partial charge in [0.1, 0.15) is 40.5 Å². The van der Waals surface area contributed by atoms with Crippen LogP contribution in [0.2, 0.25) is 0 Å². The van der Waals surface area contributed by atoms with Gasteiger partial charge >= 0.3 is 0 Å². The van der Waals surface area contributed by atoms with Crippen molar-refractivity contribution < 1.29 is 28.0 Å². The fourth-order valence-electron chi connectivity index (χ4n) is 18.6. The number of hydrogen-bond acceptors (Lipinski definition) is 21. The summed E-state index contributed by atoms with van der Waals surface area (Å²) in [5, 5.41) is 30.6. The van der Waals surface area contributed by atoms with E-state index in [9.17, 15) is 28.0 Å². The summed E-state index contributed by atoms with van der Waals surface area (Å²) in [5.74, 6) is 4.44. The fourth-order valence-corrected chi connectivity index (χ4v) is 19.6. The third-order valence-corrected chi connectivity index (χ3v) is 26.0. The highest BCUT2D eigenvalue weighted by Crippen LogP contribution is 2.44. The van der Waals surface area contributed by atoms with E-state index in [2.05, 4.69) is 150 Å². The van der Waals surface area contributed by atoms with Crippen molar-refractivity contribution >= 4 is 111 Å². The lowest BCUT2D eigenvalue weighted by Crippen LogP contribution is -2.59. The van der Waals surface area contributed by atoms with Crippen molar-refractivity contribution in [3.8, 4) is 34.3 Å². The summed E-state index contributed by atoms with van der Waals surface area (Å²) in [6.45, 7) is 4.85. The Morgan fingerprint density at radius 2 is 0.719 bits per heavy atom. The number of nitrogens with zero attached hydrogens (tertiary/aromatic N) is 19. The summed E-state index contributed by atoms with van der Waals surface area (Å²) in [4.78, 5) is 104. The minimum atomic E-state index is -0.520. The molecule has 4 saturated carbocycles. The topological polar surface area (TPSA) is 307 Å². The van der Waals surface area contributed by atoms with Crippen molar-refractivity contribution in [3.63, 3.8) is 0 Å². The number of pyridine rings is 5. The summed E-state index contributed by atoms with van der Waals surface area (Å²) in [6.07, 6.45) is 32.1. The maximum absolute atomic E-state index is 14.8. The van der Waals surface area contributed by atoms with Gasteiger partial charge in [-0.3, -0.25) is 19.2 Å². The third-order valence-electron chi connectivity index (χ3n) is 24.1. The van der Waals surface area contributed by atoms with Crippen molar-refractivity contribution in [3.05, 3.63) is 265 Å². The number of halogens is 6. The second-order valence-corrected chi connectivity index (χ2v) is 35.4. The molecule has 4 aliphatic carbocycles. The molecule has 8 saturated heterocycles. The molecule has 0 spiro atoms. The molecule has 24 rings (SSSR count). The second kappa shape index (κ2) is 37.0. The number of para-hydroxylation sites is 2. The Balaban J connectivity index is 0.000000115. The lowest BCUT2D eigenvalue weighted by atomic mass is 9.76. The minimum Gasteiger partial charge on any atom is -0.365 e. The van der Waals surface area contributed by atoms with Crippen molar-refractivity contribution in [2.45, 2.75) is 132 Å². The van der Waals surface area contributed by atoms with E-state index in [1.165, 1.54) is 40.5 Å². The van der Waals surface area contributed by atoms with Crippen molar-refractivity contribution in [1.82, 2.24) is 94.4 Å². The van der Waals surface area contributed by atoms with E-state index in [1.54, 1.807) is 98.4 Å². The monoisotopic (exact) mass is 1880 g/mol. The first kappa shape index (κ1) is 82.0. The molecule has 121 heavy (non-hydrogen) atoms. The van der Waals surface area contributed by atoms with Gasteiger partial charge in [0, 0.05) is 124 Å². The van der Waals surface area contributed by atoms with Crippen LogP contribution in [0.3, 0.4) is 0 Å². The molecule has 8 bridgehead atoms. The second-order valence-electron chi connectivity index (χ2n) is 31.7. The number of carbonyl (C=O) groups is 4. The van der Waals surface area contributed by atoms with Gasteiger partial charge in [-0.2, -0.15) is 25.2 Å². The molecule has 0 radical (unpaired) electrons. The van der Waals surface area contributed by atoms with Crippen LogP contribution in [-0.4, -0.2) is 193 Å². The zero-order chi connectivity index (χ0) is 83.2. The van der Waals surface area contributed by atoms with E-state index < -0.39 is 11.6 Å². The molecule has 12 aromatic rings. The average molecular weight is 1890 g/mol. The van der Waals surface area contributed by atoms with E-state index in [0.717, 1.165) is 131 Å². The molecule has 618 valence electrons. The molecule has 12 unspecified atom stereocenters. The highest BCUT2D eigenvalue weighted by Gasteiger charge is 2.48. The van der Waals surface area contributed by atoms with E-state index >= 15 is 0 Å². The SMILES string of the molecule is Cc1ccc(C(=O)N2CC3CCC2C(Nc2ccc(Br)cn2)C3)c(-c2ncccn2)n1.O=C(c1cccc(F)c1-c1ncccn1)N1CC2CCC1C(Nc1ccc(Br)cn1)C2.O=C(c1cccc(F)c1-n1nccn1)N1CC2CCC1C(Nc1ccc(Br)cn1)C2.O=C(c1ccccc1-n1nccn1)N1CC2CCC1C(Nc1ccc(Br)cn1)C2. The van der Waals surface area contributed by atoms with Gasteiger partial charge < -0.3 is 40.9 Å². The first-order valence-corrected chi connectivity index (χ1v) is 43.8. The lowest BCUT2D eigenvalue weighted by molar-refractivity contribution is 0.0277. The molecular weight excluding hydrogens is 1800 g/mol. The Morgan fingerprint density at radius 1 is 0.355 bits per heavy atom. The number of rotatable bonds is 16. The molecule has 4 amide bonds. The van der Waals surface area contributed by atoms with Crippen molar-refractivity contribution in [2.75, 3.05) is 47.4 Å². The lowest BCUT2D eigenvalue weighted by Gasteiger charge is -2.50. The first-order valence-electron chi connectivity index (χ1n) is 40.7. The number of piperidine rings is 8. The number of benzene rings is 3. The van der Waals surface area contributed by atoms with Crippen LogP contribution < -0.4 is 21.3 Å². The van der Waals surface area contributed by atoms with Crippen LogP contribution in [0.25, 0.3) is 34.3 Å². The summed E-state index contributed by atoms with van der Waals surface area (Å²) in [6, 6.07) is 40.3. The van der Waals surface area contributed by atoms with E-state index in [4.69, 9.17) is 0 Å². The average Bonchev–Trinajstić information content (AvgIpc) is 1.54. The number of aryl methyl sites for hydroxylation is 1. The van der Waals surface area contributed by atoms with E-state index in [0.29, 0.717) is 70.7 Å². The normalized spacial score (nSPS) is 22.7. The van der Waals surface area contributed by atoms with Crippen LogP contribution in [-0.2, 0) is 0 Å². The molecule has 8 aliphatic heterocycles. The van der Waals surface area contributed by atoms with Crippen molar-refractivity contribution in [1.29, 1.82) is 0 Å². The summed E-state index contributed by atoms with van der Waals surface area (Å²) >= 11 is 13.7. The summed E-state index contributed by atoms with van der Waals surface area (Å²) in [5.41, 5.74) is 4.12. The standard InChI is InChI=1S/C23H21BrFN5O.C23H23BrN6O.C21H20BrFN6O.C21H21BrN6O/c24-15-6-8-20(28-12-15)29-18-11-14-5-7-19(18)30(13-14)23(31)16-3-1-4-17(25)21(16)22-26-9-2-10-27-22;1-14-3-6-17(21(28-14)22-25-9-2-10-26-22)23(31)30-13-15-4-7-19(30)18(11-15)29-20-8-5-16(24)12-27-20;22-14-5-7-19(24-11-14)27-17-10-13-4-6-18(17)28(12-13)21(30)15-2-1-3-16(23)20(15)29-25-8-9-26-29;22-15-6-8-20(23-12-15)26-17-11-14-5-7-19(17)27(13-14)21(29)16-3-1-2-4-18(16)28-24-9-10-25-28/h1-4,6,8-10,12,14,18-19H,5,7,11,13H2,(H,28,29);2-3,5-6,8-10,12,15,18-19H,4,7,11,13H2,1H3,(H,27,29);1-3,5,7-9,11,13,17-18H,4,6,10,12H2,(H,24,27);1-4,6,8-10,12,14,17,19H,5,7,11,13H2,(H,23,26). The van der Waals surface area contributed by atoms with Crippen LogP contribution in [0.4, 0.5) is 32.1 Å². The van der Waals surface area contributed by atoms with E-state index in [-0.39, 0.29) is 94.6 Å². The van der Waals surface area contributed by atoms with Gasteiger partial charge in [-0.25, -0.2) is 53.6 Å². The van der Waals surface area contributed by atoms with Gasteiger partial charge in [0.15, 0.2) is 17.5 Å². The van der Waals surface area contributed by atoms with Gasteiger partial charge in [0.05, 0.1) is 82.5 Å². The van der Waals surface area contributed by atoms with Gasteiger partial charge in [0.25, 0.3) is 23.6 Å². The van der Waals surface area contributed by atoms with Crippen LogP contribution in [0.1, 0.15) is 124 Å². The number of hydrogen-bond donors (Lipinski definition) is 4. The summed E-state index contributed by atoms with van der Waals surface area (Å²) < 4.78 is 33.1. The van der Waals surface area contributed by atoms with Crippen LogP contribution >= 0.6 is 63.7 Å². The number of carbonyl (C=O) groups excluding carboxylic acids is 4. The molecule has 27 nitrogen and oxygen atoms in total. The van der Waals surface area contributed by atoms with Gasteiger partial charge in [-0.05, 0) is 281 Å². The molecule has 17 heterocycles. The smallest absolute Gasteiger partial charge is 0.256 e. The van der Waals surface area contributed by atoms with Crippen LogP contribution in [0.15, 0.2) is 226 Å². The Labute approximate surface area is 730 Å².